The van der Waals surface area contributed by atoms with Crippen molar-refractivity contribution in [2.45, 2.75) is 64.8 Å². The molecule has 2 aliphatic heterocycles. The van der Waals surface area contributed by atoms with Crippen LogP contribution in [-0.4, -0.2) is 47.7 Å². The topological polar surface area (TPSA) is 40.6 Å². The monoisotopic (exact) mass is 446 g/mol. The first-order valence-corrected chi connectivity index (χ1v) is 12.8. The molecule has 2 aromatic carbocycles. The second-order valence-corrected chi connectivity index (χ2v) is 9.78. The molecule has 0 saturated carbocycles. The van der Waals surface area contributed by atoms with E-state index >= 15 is 0 Å². The highest BCUT2D eigenvalue weighted by Crippen LogP contribution is 2.25. The van der Waals surface area contributed by atoms with Gasteiger partial charge in [0.2, 0.25) is 5.91 Å². The number of carbonyl (C=O) groups is 2. The van der Waals surface area contributed by atoms with Crippen molar-refractivity contribution >= 4 is 11.7 Å². The third-order valence-corrected chi connectivity index (χ3v) is 7.38. The molecule has 2 heterocycles. The van der Waals surface area contributed by atoms with E-state index in [0.29, 0.717) is 24.7 Å². The maximum absolute atomic E-state index is 12.9. The summed E-state index contributed by atoms with van der Waals surface area (Å²) in [5.74, 6) is 1.12. The Morgan fingerprint density at radius 3 is 2.33 bits per heavy atom. The molecule has 176 valence electrons. The molecule has 1 fully saturated rings. The van der Waals surface area contributed by atoms with Gasteiger partial charge in [-0.15, -0.1) is 0 Å². The summed E-state index contributed by atoms with van der Waals surface area (Å²) in [7, 11) is 0. The Hall–Kier alpha value is -2.46. The van der Waals surface area contributed by atoms with Gasteiger partial charge >= 0.3 is 0 Å². The van der Waals surface area contributed by atoms with Crippen LogP contribution in [0.2, 0.25) is 0 Å². The number of Topliss-reactive ketones (excluding diaryl/α,β-unsaturated/α-hetero) is 1. The van der Waals surface area contributed by atoms with Crippen LogP contribution >= 0.6 is 0 Å². The lowest BCUT2D eigenvalue weighted by atomic mass is 9.89. The van der Waals surface area contributed by atoms with Crippen molar-refractivity contribution in [1.29, 1.82) is 0 Å². The third kappa shape index (κ3) is 6.54. The molecule has 4 heteroatoms. The maximum Gasteiger partial charge on any atom is 0.222 e. The molecule has 4 nitrogen and oxygen atoms in total. The molecule has 0 atom stereocenters. The molecule has 0 bridgehead atoms. The quantitative estimate of drug-likeness (QED) is 0.518. The van der Waals surface area contributed by atoms with Gasteiger partial charge in [0.25, 0.3) is 0 Å². The number of rotatable bonds is 8. The Kier molecular flexibility index (Phi) is 8.33. The molecule has 33 heavy (non-hydrogen) atoms. The predicted octanol–water partition coefficient (Wildman–Crippen LogP) is 5.29. The summed E-state index contributed by atoms with van der Waals surface area (Å²) in [4.78, 5) is 29.6. The molecule has 0 N–H and O–H groups in total. The summed E-state index contributed by atoms with van der Waals surface area (Å²) >= 11 is 0. The van der Waals surface area contributed by atoms with E-state index < -0.39 is 0 Å². The average Bonchev–Trinajstić information content (AvgIpc) is 3.05. The maximum atomic E-state index is 12.9. The van der Waals surface area contributed by atoms with Crippen molar-refractivity contribution in [3.05, 3.63) is 70.8 Å². The second kappa shape index (κ2) is 11.6. The minimum absolute atomic E-state index is 0.271. The van der Waals surface area contributed by atoms with Crippen LogP contribution in [0.15, 0.2) is 48.5 Å². The normalized spacial score (nSPS) is 17.4. The first-order chi connectivity index (χ1) is 16.1. The SMILES string of the molecule is CCCC(=O)N1CCC(CCC(=O)c2ccc3c(c2)CCN(Cc2ccccc2)CC3)CC1. The Balaban J connectivity index is 1.26. The number of likely N-dealkylation sites (tertiary alicyclic amines) is 1. The lowest BCUT2D eigenvalue weighted by Crippen LogP contribution is -2.38. The van der Waals surface area contributed by atoms with E-state index in [1.807, 2.05) is 11.0 Å². The smallest absolute Gasteiger partial charge is 0.222 e. The summed E-state index contributed by atoms with van der Waals surface area (Å²) in [6, 6.07) is 17.1. The van der Waals surface area contributed by atoms with E-state index in [9.17, 15) is 9.59 Å². The first kappa shape index (κ1) is 23.7. The van der Waals surface area contributed by atoms with Crippen molar-refractivity contribution in [2.24, 2.45) is 5.92 Å². The molecule has 1 amide bonds. The van der Waals surface area contributed by atoms with Crippen molar-refractivity contribution in [1.82, 2.24) is 9.80 Å². The summed E-state index contributed by atoms with van der Waals surface area (Å²) in [6.45, 7) is 6.86. The number of amides is 1. The Labute approximate surface area is 199 Å². The zero-order valence-electron chi connectivity index (χ0n) is 20.1. The molecule has 0 radical (unpaired) electrons. The number of ketones is 1. The third-order valence-electron chi connectivity index (χ3n) is 7.38. The van der Waals surface area contributed by atoms with Gasteiger partial charge in [0, 0.05) is 51.1 Å². The lowest BCUT2D eigenvalue weighted by molar-refractivity contribution is -0.132. The second-order valence-electron chi connectivity index (χ2n) is 9.78. The molecule has 4 rings (SSSR count). The fourth-order valence-corrected chi connectivity index (χ4v) is 5.27. The van der Waals surface area contributed by atoms with Gasteiger partial charge in [-0.3, -0.25) is 14.5 Å². The lowest BCUT2D eigenvalue weighted by Gasteiger charge is -2.32. The molecule has 0 unspecified atom stereocenters. The van der Waals surface area contributed by atoms with Crippen molar-refractivity contribution < 1.29 is 9.59 Å². The summed E-state index contributed by atoms with van der Waals surface area (Å²) in [5, 5.41) is 0. The molecule has 2 aromatic rings. The van der Waals surface area contributed by atoms with Gasteiger partial charge in [0.1, 0.15) is 0 Å². The average molecular weight is 447 g/mol. The van der Waals surface area contributed by atoms with Crippen LogP contribution in [-0.2, 0) is 24.2 Å². The van der Waals surface area contributed by atoms with Crippen LogP contribution in [0.25, 0.3) is 0 Å². The highest BCUT2D eigenvalue weighted by Gasteiger charge is 2.23. The van der Waals surface area contributed by atoms with Crippen LogP contribution < -0.4 is 0 Å². The Morgan fingerprint density at radius 1 is 0.879 bits per heavy atom. The highest BCUT2D eigenvalue weighted by molar-refractivity contribution is 5.96. The van der Waals surface area contributed by atoms with Gasteiger partial charge < -0.3 is 4.90 Å². The number of fused-ring (bicyclic) bond motifs is 1. The number of piperidine rings is 1. The summed E-state index contributed by atoms with van der Waals surface area (Å²) < 4.78 is 0. The minimum Gasteiger partial charge on any atom is -0.343 e. The van der Waals surface area contributed by atoms with E-state index in [1.165, 1.54) is 16.7 Å². The molecule has 1 saturated heterocycles. The van der Waals surface area contributed by atoms with E-state index in [0.717, 1.165) is 76.8 Å². The van der Waals surface area contributed by atoms with Crippen LogP contribution in [0.4, 0.5) is 0 Å². The van der Waals surface area contributed by atoms with Crippen LogP contribution in [0.3, 0.4) is 0 Å². The van der Waals surface area contributed by atoms with Gasteiger partial charge in [-0.2, -0.15) is 0 Å². The van der Waals surface area contributed by atoms with E-state index in [1.54, 1.807) is 0 Å². The predicted molar refractivity (Wildman–Crippen MR) is 133 cm³/mol. The van der Waals surface area contributed by atoms with Gasteiger partial charge in [-0.25, -0.2) is 0 Å². The van der Waals surface area contributed by atoms with Crippen LogP contribution in [0.5, 0.6) is 0 Å². The van der Waals surface area contributed by atoms with Crippen LogP contribution in [0, 0.1) is 5.92 Å². The van der Waals surface area contributed by atoms with Gasteiger partial charge in [-0.05, 0) is 67.2 Å². The number of hydrogen-bond donors (Lipinski definition) is 0. The molecular weight excluding hydrogens is 408 g/mol. The van der Waals surface area contributed by atoms with Crippen molar-refractivity contribution in [3.8, 4) is 0 Å². The fourth-order valence-electron chi connectivity index (χ4n) is 5.27. The van der Waals surface area contributed by atoms with E-state index in [4.69, 9.17) is 0 Å². The zero-order valence-corrected chi connectivity index (χ0v) is 20.1. The van der Waals surface area contributed by atoms with E-state index in [2.05, 4.69) is 54.3 Å². The molecule has 0 aliphatic carbocycles. The first-order valence-electron chi connectivity index (χ1n) is 12.8. The minimum atomic E-state index is 0.271. The summed E-state index contributed by atoms with van der Waals surface area (Å²) in [5.41, 5.74) is 4.98. The molecular formula is C29H38N2O2. The molecule has 0 spiro atoms. The van der Waals surface area contributed by atoms with Crippen molar-refractivity contribution in [3.63, 3.8) is 0 Å². The Bertz CT molecular complexity index is 932. The highest BCUT2D eigenvalue weighted by atomic mass is 16.2. The standard InChI is InChI=1S/C29H38N2O2/c1-2-6-29(33)31-19-13-23(14-20-31)9-12-28(32)27-11-10-25-15-17-30(18-16-26(25)21-27)22-24-7-4-3-5-8-24/h3-5,7-8,10-11,21,23H,2,6,9,12-20,22H2,1H3. The zero-order chi connectivity index (χ0) is 23.0. The number of nitrogens with zero attached hydrogens (tertiary/aromatic N) is 2. The number of hydrogen-bond acceptors (Lipinski definition) is 3. The van der Waals surface area contributed by atoms with Gasteiger partial charge in [0.05, 0.1) is 0 Å². The van der Waals surface area contributed by atoms with Crippen LogP contribution in [0.1, 0.15) is 72.5 Å². The molecule has 2 aliphatic rings. The summed E-state index contributed by atoms with van der Waals surface area (Å²) in [6.07, 6.45) is 7.25. The van der Waals surface area contributed by atoms with Gasteiger partial charge in [-0.1, -0.05) is 49.4 Å². The largest absolute Gasteiger partial charge is 0.343 e. The number of carbonyl (C=O) groups excluding carboxylic acids is 2. The fraction of sp³-hybridized carbons (Fsp3) is 0.517. The van der Waals surface area contributed by atoms with Gasteiger partial charge in [0.15, 0.2) is 5.78 Å². The Morgan fingerprint density at radius 2 is 1.61 bits per heavy atom. The molecule has 0 aromatic heterocycles. The van der Waals surface area contributed by atoms with E-state index in [-0.39, 0.29) is 5.78 Å². The number of benzene rings is 2. The van der Waals surface area contributed by atoms with Crippen molar-refractivity contribution in [2.75, 3.05) is 26.2 Å².